The predicted octanol–water partition coefficient (Wildman–Crippen LogP) is 1.85. The molecule has 0 spiro atoms. The zero-order chi connectivity index (χ0) is 10.7. The fraction of sp³-hybridized carbons (Fsp3) is 0.250. The van der Waals surface area contributed by atoms with Crippen molar-refractivity contribution in [1.29, 1.82) is 0 Å². The van der Waals surface area contributed by atoms with Crippen LogP contribution in [-0.2, 0) is 17.8 Å². The molecule has 0 amide bonds. The van der Waals surface area contributed by atoms with Crippen LogP contribution in [0.5, 0.6) is 0 Å². The highest BCUT2D eigenvalue weighted by atomic mass is 35.5. The number of carbonyl (C=O) groups is 1. The highest BCUT2D eigenvalue weighted by Crippen LogP contribution is 2.19. The molecule has 3 nitrogen and oxygen atoms in total. The van der Waals surface area contributed by atoms with Crippen molar-refractivity contribution in [2.45, 2.75) is 13.0 Å². The van der Waals surface area contributed by atoms with Crippen LogP contribution < -0.4 is 5.32 Å². The zero-order valence-electron chi connectivity index (χ0n) is 8.77. The number of hydrogen-bond acceptors (Lipinski definition) is 2. The minimum Gasteiger partial charge on any atom is -0.478 e. The van der Waals surface area contributed by atoms with Gasteiger partial charge in [-0.05, 0) is 35.7 Å². The van der Waals surface area contributed by atoms with Gasteiger partial charge < -0.3 is 10.4 Å². The molecule has 1 aliphatic rings. The number of carboxylic acid groups (broad SMARTS) is 1. The number of benzene rings is 1. The van der Waals surface area contributed by atoms with E-state index in [0.717, 1.165) is 25.1 Å². The monoisotopic (exact) mass is 239 g/mol. The maximum absolute atomic E-state index is 10.4. The lowest BCUT2D eigenvalue weighted by Gasteiger charge is -2.18. The van der Waals surface area contributed by atoms with Gasteiger partial charge in [0.15, 0.2) is 0 Å². The maximum atomic E-state index is 10.4. The van der Waals surface area contributed by atoms with Crippen LogP contribution in [-0.4, -0.2) is 17.6 Å². The summed E-state index contributed by atoms with van der Waals surface area (Å²) in [6.45, 7) is 1.84. The van der Waals surface area contributed by atoms with Crippen molar-refractivity contribution in [3.05, 3.63) is 41.0 Å². The first-order chi connectivity index (χ1) is 7.27. The van der Waals surface area contributed by atoms with E-state index >= 15 is 0 Å². The molecule has 1 aromatic rings. The Morgan fingerprint density at radius 3 is 3.00 bits per heavy atom. The van der Waals surface area contributed by atoms with Gasteiger partial charge in [0.25, 0.3) is 0 Å². The van der Waals surface area contributed by atoms with Crippen LogP contribution in [0.15, 0.2) is 24.3 Å². The molecule has 0 aromatic heterocycles. The molecule has 0 atom stereocenters. The molecule has 1 heterocycles. The molecule has 1 aliphatic heterocycles. The SMILES string of the molecule is Cl.O=C(O)/C=C/c1cccc2c1CCNC2. The summed E-state index contributed by atoms with van der Waals surface area (Å²) in [5, 5.41) is 11.9. The quantitative estimate of drug-likeness (QED) is 0.775. The van der Waals surface area contributed by atoms with Crippen LogP contribution in [0.25, 0.3) is 6.08 Å². The van der Waals surface area contributed by atoms with Crippen LogP contribution >= 0.6 is 12.4 Å². The van der Waals surface area contributed by atoms with Gasteiger partial charge in [0, 0.05) is 12.6 Å². The van der Waals surface area contributed by atoms with Crippen LogP contribution in [0, 0.1) is 0 Å². The van der Waals surface area contributed by atoms with Gasteiger partial charge >= 0.3 is 5.97 Å². The Bertz CT molecular complexity index is 415. The van der Waals surface area contributed by atoms with E-state index in [1.54, 1.807) is 6.08 Å². The summed E-state index contributed by atoms with van der Waals surface area (Å²) in [4.78, 5) is 10.4. The molecular weight excluding hydrogens is 226 g/mol. The normalized spacial score (nSPS) is 14.2. The first kappa shape index (κ1) is 12.7. The zero-order valence-corrected chi connectivity index (χ0v) is 9.59. The maximum Gasteiger partial charge on any atom is 0.328 e. The molecular formula is C12H14ClNO2. The lowest BCUT2D eigenvalue weighted by atomic mass is 9.95. The summed E-state index contributed by atoms with van der Waals surface area (Å²) in [5.41, 5.74) is 3.57. The molecule has 2 N–H and O–H groups in total. The van der Waals surface area contributed by atoms with Crippen molar-refractivity contribution in [1.82, 2.24) is 5.32 Å². The van der Waals surface area contributed by atoms with Crippen molar-refractivity contribution < 1.29 is 9.90 Å². The fourth-order valence-electron chi connectivity index (χ4n) is 1.88. The molecule has 4 heteroatoms. The van der Waals surface area contributed by atoms with Crippen LogP contribution in [0.3, 0.4) is 0 Å². The Morgan fingerprint density at radius 2 is 2.25 bits per heavy atom. The summed E-state index contributed by atoms with van der Waals surface area (Å²) in [5.74, 6) is -0.901. The minimum atomic E-state index is -0.901. The largest absolute Gasteiger partial charge is 0.478 e. The molecule has 0 aliphatic carbocycles. The molecule has 1 aromatic carbocycles. The first-order valence-corrected chi connectivity index (χ1v) is 5.00. The van der Waals surface area contributed by atoms with E-state index in [4.69, 9.17) is 5.11 Å². The van der Waals surface area contributed by atoms with E-state index in [1.807, 2.05) is 12.1 Å². The van der Waals surface area contributed by atoms with Crippen LogP contribution in [0.4, 0.5) is 0 Å². The third-order valence-corrected chi connectivity index (χ3v) is 2.58. The van der Waals surface area contributed by atoms with Gasteiger partial charge in [-0.2, -0.15) is 0 Å². The standard InChI is InChI=1S/C12H13NO2.ClH/c14-12(15)5-4-9-2-1-3-10-8-13-7-6-11(9)10;/h1-5,13H,6-8H2,(H,14,15);1H/b5-4+;. The van der Waals surface area contributed by atoms with E-state index in [-0.39, 0.29) is 12.4 Å². The number of halogens is 1. The second-order valence-corrected chi connectivity index (χ2v) is 3.58. The van der Waals surface area contributed by atoms with Crippen molar-refractivity contribution in [3.8, 4) is 0 Å². The van der Waals surface area contributed by atoms with Gasteiger partial charge in [0.05, 0.1) is 0 Å². The van der Waals surface area contributed by atoms with Gasteiger partial charge in [-0.3, -0.25) is 0 Å². The van der Waals surface area contributed by atoms with Gasteiger partial charge in [0.2, 0.25) is 0 Å². The van der Waals surface area contributed by atoms with E-state index in [2.05, 4.69) is 11.4 Å². The number of fused-ring (bicyclic) bond motifs is 1. The third kappa shape index (κ3) is 2.84. The molecule has 0 fully saturated rings. The number of nitrogens with one attached hydrogen (secondary N) is 1. The smallest absolute Gasteiger partial charge is 0.328 e. The molecule has 0 radical (unpaired) electrons. The number of aliphatic carboxylic acids is 1. The van der Waals surface area contributed by atoms with Gasteiger partial charge in [-0.1, -0.05) is 18.2 Å². The summed E-state index contributed by atoms with van der Waals surface area (Å²) < 4.78 is 0. The Labute approximate surface area is 101 Å². The highest BCUT2D eigenvalue weighted by molar-refractivity contribution is 5.86. The van der Waals surface area contributed by atoms with Crippen molar-refractivity contribution in [2.24, 2.45) is 0 Å². The lowest BCUT2D eigenvalue weighted by Crippen LogP contribution is -2.24. The average molecular weight is 240 g/mol. The molecule has 86 valence electrons. The molecule has 0 saturated carbocycles. The Kier molecular flexibility index (Phi) is 4.52. The lowest BCUT2D eigenvalue weighted by molar-refractivity contribution is -0.131. The van der Waals surface area contributed by atoms with E-state index in [9.17, 15) is 4.79 Å². The minimum absolute atomic E-state index is 0. The summed E-state index contributed by atoms with van der Waals surface area (Å²) in [6, 6.07) is 6.01. The van der Waals surface area contributed by atoms with E-state index in [0.29, 0.717) is 0 Å². The van der Waals surface area contributed by atoms with Crippen molar-refractivity contribution in [2.75, 3.05) is 6.54 Å². The second kappa shape index (κ2) is 5.68. The Balaban J connectivity index is 0.00000128. The van der Waals surface area contributed by atoms with E-state index in [1.165, 1.54) is 17.2 Å². The Hall–Kier alpha value is -1.32. The molecule has 16 heavy (non-hydrogen) atoms. The number of rotatable bonds is 2. The third-order valence-electron chi connectivity index (χ3n) is 2.58. The first-order valence-electron chi connectivity index (χ1n) is 5.00. The Morgan fingerprint density at radius 1 is 1.44 bits per heavy atom. The number of hydrogen-bond donors (Lipinski definition) is 2. The van der Waals surface area contributed by atoms with Gasteiger partial charge in [0.1, 0.15) is 0 Å². The van der Waals surface area contributed by atoms with Crippen LogP contribution in [0.1, 0.15) is 16.7 Å². The molecule has 0 unspecified atom stereocenters. The summed E-state index contributed by atoms with van der Waals surface area (Å²) in [7, 11) is 0. The highest BCUT2D eigenvalue weighted by Gasteiger charge is 2.10. The molecule has 0 bridgehead atoms. The predicted molar refractivity (Wildman–Crippen MR) is 65.8 cm³/mol. The molecule has 2 rings (SSSR count). The van der Waals surface area contributed by atoms with Crippen molar-refractivity contribution in [3.63, 3.8) is 0 Å². The van der Waals surface area contributed by atoms with Crippen LogP contribution in [0.2, 0.25) is 0 Å². The second-order valence-electron chi connectivity index (χ2n) is 3.58. The fourth-order valence-corrected chi connectivity index (χ4v) is 1.88. The topological polar surface area (TPSA) is 49.3 Å². The van der Waals surface area contributed by atoms with E-state index < -0.39 is 5.97 Å². The average Bonchev–Trinajstić information content (AvgIpc) is 2.26. The molecule has 0 saturated heterocycles. The van der Waals surface area contributed by atoms with Gasteiger partial charge in [-0.25, -0.2) is 4.79 Å². The summed E-state index contributed by atoms with van der Waals surface area (Å²) in [6.07, 6.45) is 3.83. The number of carboxylic acids is 1. The van der Waals surface area contributed by atoms with Crippen molar-refractivity contribution >= 4 is 24.5 Å². The summed E-state index contributed by atoms with van der Waals surface area (Å²) >= 11 is 0. The van der Waals surface area contributed by atoms with Gasteiger partial charge in [-0.15, -0.1) is 12.4 Å².